The fourth-order valence-electron chi connectivity index (χ4n) is 3.71. The quantitative estimate of drug-likeness (QED) is 0.689. The highest BCUT2D eigenvalue weighted by molar-refractivity contribution is 5.82. The first-order chi connectivity index (χ1) is 13.5. The van der Waals surface area contributed by atoms with Gasteiger partial charge in [-0.3, -0.25) is 0 Å². The number of halogens is 2. The molecule has 0 radical (unpaired) electrons. The van der Waals surface area contributed by atoms with Gasteiger partial charge in [-0.1, -0.05) is 0 Å². The number of anilines is 1. The van der Waals surface area contributed by atoms with Crippen LogP contribution in [0.3, 0.4) is 0 Å². The van der Waals surface area contributed by atoms with Crippen molar-refractivity contribution in [1.29, 1.82) is 5.26 Å². The lowest BCUT2D eigenvalue weighted by atomic mass is 9.99. The topological polar surface area (TPSA) is 79.3 Å². The highest BCUT2D eigenvalue weighted by Gasteiger charge is 2.29. The first-order valence-electron chi connectivity index (χ1n) is 8.99. The number of fused-ring (bicyclic) bond motifs is 1. The molecular weight excluding hydrogens is 366 g/mol. The standard InChI is InChI=1S/C19H18F2N6O/c1-11-5-3-4-6-26(11)18-17(12-7-14(21)16(28-2)8-13(12)20)15(9-22)25-19-23-10-24-27(18)19/h7-8,10-11H,3-6H2,1-2H3. The molecule has 9 heteroatoms. The summed E-state index contributed by atoms with van der Waals surface area (Å²) in [6.07, 6.45) is 4.30. The van der Waals surface area contributed by atoms with Crippen molar-refractivity contribution < 1.29 is 13.5 Å². The number of benzene rings is 1. The maximum atomic E-state index is 14.9. The number of ether oxygens (including phenoxy) is 1. The van der Waals surface area contributed by atoms with Gasteiger partial charge in [0.15, 0.2) is 17.3 Å². The molecule has 4 rings (SSSR count). The van der Waals surface area contributed by atoms with Crippen molar-refractivity contribution in [3.63, 3.8) is 0 Å². The van der Waals surface area contributed by atoms with Crippen LogP contribution >= 0.6 is 0 Å². The van der Waals surface area contributed by atoms with Crippen molar-refractivity contribution in [1.82, 2.24) is 19.6 Å². The van der Waals surface area contributed by atoms with Gasteiger partial charge in [0.25, 0.3) is 5.78 Å². The monoisotopic (exact) mass is 384 g/mol. The highest BCUT2D eigenvalue weighted by atomic mass is 19.1. The van der Waals surface area contributed by atoms with Crippen molar-refractivity contribution in [3.8, 4) is 22.9 Å². The fourth-order valence-corrected chi connectivity index (χ4v) is 3.71. The summed E-state index contributed by atoms with van der Waals surface area (Å²) in [6.45, 7) is 2.77. The number of hydrogen-bond donors (Lipinski definition) is 0. The second-order valence-electron chi connectivity index (χ2n) is 6.75. The van der Waals surface area contributed by atoms with E-state index in [1.807, 2.05) is 6.07 Å². The van der Waals surface area contributed by atoms with Crippen molar-refractivity contribution in [2.45, 2.75) is 32.2 Å². The second-order valence-corrected chi connectivity index (χ2v) is 6.75. The molecule has 1 aromatic carbocycles. The summed E-state index contributed by atoms with van der Waals surface area (Å²) in [5, 5.41) is 13.9. The van der Waals surface area contributed by atoms with Crippen LogP contribution in [0.2, 0.25) is 0 Å². The maximum Gasteiger partial charge on any atom is 0.255 e. The first kappa shape index (κ1) is 18.1. The molecule has 1 atom stereocenters. The van der Waals surface area contributed by atoms with Crippen LogP contribution in [0, 0.1) is 23.0 Å². The Morgan fingerprint density at radius 3 is 2.79 bits per heavy atom. The molecule has 1 saturated heterocycles. The molecule has 3 heterocycles. The summed E-state index contributed by atoms with van der Waals surface area (Å²) in [7, 11) is 1.27. The largest absolute Gasteiger partial charge is 0.494 e. The fraction of sp³-hybridized carbons (Fsp3) is 0.368. The van der Waals surface area contributed by atoms with Gasteiger partial charge in [-0.15, -0.1) is 0 Å². The van der Waals surface area contributed by atoms with E-state index >= 15 is 0 Å². The molecule has 7 nitrogen and oxygen atoms in total. The van der Waals surface area contributed by atoms with Gasteiger partial charge in [-0.05, 0) is 32.3 Å². The lowest BCUT2D eigenvalue weighted by Gasteiger charge is -2.36. The van der Waals surface area contributed by atoms with Crippen LogP contribution in [0.5, 0.6) is 5.75 Å². The third kappa shape index (κ3) is 2.81. The Morgan fingerprint density at radius 2 is 2.07 bits per heavy atom. The minimum atomic E-state index is -0.723. The number of methoxy groups -OCH3 is 1. The van der Waals surface area contributed by atoms with E-state index in [1.54, 1.807) is 0 Å². The number of nitrogens with zero attached hydrogens (tertiary/aromatic N) is 6. The summed E-state index contributed by atoms with van der Waals surface area (Å²) in [4.78, 5) is 10.4. The van der Waals surface area contributed by atoms with Gasteiger partial charge in [0, 0.05) is 24.2 Å². The minimum Gasteiger partial charge on any atom is -0.494 e. The van der Waals surface area contributed by atoms with Gasteiger partial charge < -0.3 is 9.64 Å². The molecular formula is C19H18F2N6O. The summed E-state index contributed by atoms with van der Waals surface area (Å²) in [5.74, 6) is -0.902. The second kappa shape index (κ2) is 7.03. The summed E-state index contributed by atoms with van der Waals surface area (Å²) in [5.41, 5.74) is 0.109. The Bertz CT molecular complexity index is 1090. The number of nitriles is 1. The molecule has 1 aliphatic heterocycles. The number of rotatable bonds is 3. The van der Waals surface area contributed by atoms with Gasteiger partial charge in [-0.2, -0.15) is 24.8 Å². The SMILES string of the molecule is COc1cc(F)c(-c2c(C#N)nc3ncnn3c2N2CCCCC2C)cc1F. The molecule has 1 aliphatic rings. The molecule has 2 aromatic heterocycles. The Balaban J connectivity index is 2.06. The van der Waals surface area contributed by atoms with Gasteiger partial charge in [0.1, 0.15) is 24.0 Å². The van der Waals surface area contributed by atoms with Crippen LogP contribution in [-0.2, 0) is 0 Å². The molecule has 0 amide bonds. The first-order valence-corrected chi connectivity index (χ1v) is 8.99. The van der Waals surface area contributed by atoms with E-state index in [2.05, 4.69) is 26.9 Å². The normalized spacial score (nSPS) is 17.0. The van der Waals surface area contributed by atoms with Crippen LogP contribution in [-0.4, -0.2) is 39.3 Å². The van der Waals surface area contributed by atoms with E-state index in [9.17, 15) is 14.0 Å². The number of hydrogen-bond acceptors (Lipinski definition) is 6. The summed E-state index contributed by atoms with van der Waals surface area (Å²) < 4.78 is 35.7. The zero-order chi connectivity index (χ0) is 19.8. The van der Waals surface area contributed by atoms with Gasteiger partial charge in [-0.25, -0.2) is 8.78 Å². The molecule has 0 spiro atoms. The third-order valence-corrected chi connectivity index (χ3v) is 5.09. The van der Waals surface area contributed by atoms with Crippen LogP contribution in [0.25, 0.3) is 16.9 Å². The molecule has 0 N–H and O–H groups in total. The predicted molar refractivity (Wildman–Crippen MR) is 98.1 cm³/mol. The molecule has 0 bridgehead atoms. The average Bonchev–Trinajstić information content (AvgIpc) is 3.17. The van der Waals surface area contributed by atoms with E-state index in [0.29, 0.717) is 12.4 Å². The van der Waals surface area contributed by atoms with Gasteiger partial charge in [0.05, 0.1) is 12.7 Å². The molecule has 3 aromatic rings. The lowest BCUT2D eigenvalue weighted by Crippen LogP contribution is -2.39. The smallest absolute Gasteiger partial charge is 0.255 e. The molecule has 1 fully saturated rings. The number of aromatic nitrogens is 4. The molecule has 0 aliphatic carbocycles. The highest BCUT2D eigenvalue weighted by Crippen LogP contribution is 2.39. The van der Waals surface area contributed by atoms with Crippen LogP contribution in [0.15, 0.2) is 18.5 Å². The lowest BCUT2D eigenvalue weighted by molar-refractivity contribution is 0.383. The summed E-state index contributed by atoms with van der Waals surface area (Å²) in [6, 6.07) is 4.15. The molecule has 144 valence electrons. The van der Waals surface area contributed by atoms with Crippen molar-refractivity contribution in [2.24, 2.45) is 0 Å². The van der Waals surface area contributed by atoms with Crippen LogP contribution in [0.1, 0.15) is 31.9 Å². The molecule has 28 heavy (non-hydrogen) atoms. The molecule has 1 unspecified atom stereocenters. The Labute approximate surface area is 160 Å². The van der Waals surface area contributed by atoms with E-state index in [4.69, 9.17) is 4.74 Å². The molecule has 0 saturated carbocycles. The summed E-state index contributed by atoms with van der Waals surface area (Å²) >= 11 is 0. The zero-order valence-corrected chi connectivity index (χ0v) is 15.5. The van der Waals surface area contributed by atoms with Crippen molar-refractivity contribution >= 4 is 11.6 Å². The van der Waals surface area contributed by atoms with Crippen molar-refractivity contribution in [3.05, 3.63) is 35.8 Å². The van der Waals surface area contributed by atoms with Gasteiger partial charge in [0.2, 0.25) is 0 Å². The Kier molecular flexibility index (Phi) is 4.55. The van der Waals surface area contributed by atoms with Crippen LogP contribution in [0.4, 0.5) is 14.6 Å². The van der Waals surface area contributed by atoms with Gasteiger partial charge >= 0.3 is 0 Å². The Hall–Kier alpha value is -3.28. The number of piperidine rings is 1. The van der Waals surface area contributed by atoms with E-state index < -0.39 is 11.6 Å². The third-order valence-electron chi connectivity index (χ3n) is 5.09. The van der Waals surface area contributed by atoms with E-state index in [1.165, 1.54) is 18.0 Å². The minimum absolute atomic E-state index is 0.0308. The maximum absolute atomic E-state index is 14.9. The van der Waals surface area contributed by atoms with E-state index in [0.717, 1.165) is 31.4 Å². The van der Waals surface area contributed by atoms with E-state index in [-0.39, 0.29) is 34.4 Å². The Morgan fingerprint density at radius 1 is 1.25 bits per heavy atom. The van der Waals surface area contributed by atoms with Crippen LogP contribution < -0.4 is 9.64 Å². The predicted octanol–water partition coefficient (Wildman–Crippen LogP) is 3.33. The van der Waals surface area contributed by atoms with Crippen molar-refractivity contribution in [2.75, 3.05) is 18.6 Å². The average molecular weight is 384 g/mol. The zero-order valence-electron chi connectivity index (χ0n) is 15.5.